The molecule has 36 heavy (non-hydrogen) atoms. The Labute approximate surface area is 228 Å². The third-order valence-corrected chi connectivity index (χ3v) is 7.41. The van der Waals surface area contributed by atoms with Crippen LogP contribution in [0.1, 0.15) is 45.2 Å². The number of nitrogens with one attached hydrogen (secondary N) is 1. The Balaban J connectivity index is 2.53. The van der Waals surface area contributed by atoms with Crippen LogP contribution in [0.2, 0.25) is 15.1 Å². The fourth-order valence-electron chi connectivity index (χ4n) is 3.68. The molecule has 7 nitrogen and oxygen atoms in total. The van der Waals surface area contributed by atoms with E-state index in [0.717, 1.165) is 21.7 Å². The van der Waals surface area contributed by atoms with Crippen LogP contribution in [0, 0.1) is 6.92 Å². The molecule has 0 fully saturated rings. The van der Waals surface area contributed by atoms with Crippen molar-refractivity contribution in [1.29, 1.82) is 0 Å². The van der Waals surface area contributed by atoms with Gasteiger partial charge in [0.2, 0.25) is 21.8 Å². The number of halogens is 3. The van der Waals surface area contributed by atoms with Gasteiger partial charge in [-0.25, -0.2) is 8.42 Å². The summed E-state index contributed by atoms with van der Waals surface area (Å²) < 4.78 is 26.4. The van der Waals surface area contributed by atoms with Crippen molar-refractivity contribution in [3.63, 3.8) is 0 Å². The number of carbonyl (C=O) groups excluding carboxylic acids is 2. The molecule has 0 heterocycles. The van der Waals surface area contributed by atoms with Gasteiger partial charge in [-0.05, 0) is 51.8 Å². The lowest BCUT2D eigenvalue weighted by atomic mass is 10.0. The molecule has 0 saturated heterocycles. The van der Waals surface area contributed by atoms with Crippen LogP contribution < -0.4 is 9.62 Å². The topological polar surface area (TPSA) is 86.8 Å². The van der Waals surface area contributed by atoms with Crippen LogP contribution in [0.3, 0.4) is 0 Å². The van der Waals surface area contributed by atoms with E-state index in [1.807, 2.05) is 52.0 Å². The molecule has 0 spiro atoms. The van der Waals surface area contributed by atoms with Gasteiger partial charge < -0.3 is 10.2 Å². The van der Waals surface area contributed by atoms with Crippen molar-refractivity contribution < 1.29 is 18.0 Å². The molecule has 0 saturated carbocycles. The van der Waals surface area contributed by atoms with Gasteiger partial charge in [0.15, 0.2) is 0 Å². The fraction of sp³-hybridized carbons (Fsp3) is 0.440. The van der Waals surface area contributed by atoms with Crippen molar-refractivity contribution in [1.82, 2.24) is 10.2 Å². The molecule has 0 aliphatic rings. The first kappa shape index (κ1) is 30.2. The Kier molecular flexibility index (Phi) is 10.1. The van der Waals surface area contributed by atoms with Crippen molar-refractivity contribution >= 4 is 62.3 Å². The fourth-order valence-corrected chi connectivity index (χ4v) is 5.22. The van der Waals surface area contributed by atoms with E-state index in [1.54, 1.807) is 6.92 Å². The van der Waals surface area contributed by atoms with Crippen LogP contribution >= 0.6 is 34.8 Å². The van der Waals surface area contributed by atoms with Gasteiger partial charge in [-0.1, -0.05) is 71.6 Å². The number of carbonyl (C=O) groups is 2. The Morgan fingerprint density at radius 1 is 1.03 bits per heavy atom. The Hall–Kier alpha value is -2.00. The summed E-state index contributed by atoms with van der Waals surface area (Å²) in [5.41, 5.74) is 1.30. The number of benzene rings is 2. The molecule has 198 valence electrons. The molecule has 0 unspecified atom stereocenters. The van der Waals surface area contributed by atoms with E-state index in [4.69, 9.17) is 34.8 Å². The second-order valence-electron chi connectivity index (χ2n) is 9.66. The first-order valence-electron chi connectivity index (χ1n) is 11.3. The van der Waals surface area contributed by atoms with Crippen molar-refractivity contribution in [2.24, 2.45) is 0 Å². The molecule has 0 aromatic heterocycles. The van der Waals surface area contributed by atoms with Crippen LogP contribution in [-0.4, -0.2) is 49.5 Å². The number of aryl methyl sites for hydroxylation is 1. The predicted octanol–water partition coefficient (Wildman–Crippen LogP) is 5.44. The van der Waals surface area contributed by atoms with Crippen molar-refractivity contribution in [3.05, 3.63) is 62.6 Å². The van der Waals surface area contributed by atoms with Crippen LogP contribution in [0.5, 0.6) is 0 Å². The molecule has 2 amide bonds. The SMILES string of the molecule is CC[C@H](C(=O)NC(C)(C)C)N(Cc1cccc(C)c1)C(=O)CN(c1cc(Cl)c(Cl)cc1Cl)S(C)(=O)=O. The summed E-state index contributed by atoms with van der Waals surface area (Å²) >= 11 is 18.4. The zero-order chi connectivity index (χ0) is 27.4. The minimum atomic E-state index is -3.96. The predicted molar refractivity (Wildman–Crippen MR) is 147 cm³/mol. The second kappa shape index (κ2) is 12.0. The molecule has 0 radical (unpaired) electrons. The summed E-state index contributed by atoms with van der Waals surface area (Å²) in [7, 11) is -3.96. The normalized spacial score (nSPS) is 12.7. The van der Waals surface area contributed by atoms with Gasteiger partial charge >= 0.3 is 0 Å². The zero-order valence-corrected chi connectivity index (χ0v) is 24.3. The molecule has 0 aliphatic heterocycles. The molecule has 2 aromatic rings. The molecular weight excluding hydrogens is 545 g/mol. The summed E-state index contributed by atoms with van der Waals surface area (Å²) in [6.07, 6.45) is 1.29. The highest BCUT2D eigenvalue weighted by Crippen LogP contribution is 2.35. The maximum Gasteiger partial charge on any atom is 0.244 e. The number of rotatable bonds is 9. The number of amides is 2. The van der Waals surface area contributed by atoms with E-state index < -0.39 is 34.1 Å². The van der Waals surface area contributed by atoms with Gasteiger partial charge in [-0.15, -0.1) is 0 Å². The summed E-state index contributed by atoms with van der Waals surface area (Å²) in [4.78, 5) is 28.3. The minimum Gasteiger partial charge on any atom is -0.350 e. The smallest absolute Gasteiger partial charge is 0.244 e. The Bertz CT molecular complexity index is 1230. The number of nitrogens with zero attached hydrogens (tertiary/aromatic N) is 2. The number of hydrogen-bond acceptors (Lipinski definition) is 4. The quantitative estimate of drug-likeness (QED) is 0.403. The maximum absolute atomic E-state index is 13.7. The highest BCUT2D eigenvalue weighted by molar-refractivity contribution is 7.92. The number of hydrogen-bond donors (Lipinski definition) is 1. The standard InChI is InChI=1S/C25H32Cl3N3O4S/c1-7-21(24(33)29-25(3,4)5)30(14-17-10-8-9-16(2)11-17)23(32)15-31(36(6,34)35)22-13-19(27)18(26)12-20(22)28/h8-13,21H,7,14-15H2,1-6H3,(H,29,33)/t21-/m1/s1. The number of anilines is 1. The first-order valence-corrected chi connectivity index (χ1v) is 14.3. The van der Waals surface area contributed by atoms with Crippen LogP contribution in [-0.2, 0) is 26.2 Å². The van der Waals surface area contributed by atoms with E-state index >= 15 is 0 Å². The second-order valence-corrected chi connectivity index (χ2v) is 12.8. The Morgan fingerprint density at radius 3 is 2.17 bits per heavy atom. The van der Waals surface area contributed by atoms with Gasteiger partial charge in [0.1, 0.15) is 12.6 Å². The number of sulfonamides is 1. The van der Waals surface area contributed by atoms with Gasteiger partial charge in [0, 0.05) is 12.1 Å². The van der Waals surface area contributed by atoms with Gasteiger partial charge in [-0.2, -0.15) is 0 Å². The molecule has 2 rings (SSSR count). The highest BCUT2D eigenvalue weighted by Gasteiger charge is 2.33. The third kappa shape index (κ3) is 8.26. The van der Waals surface area contributed by atoms with E-state index in [0.29, 0.717) is 6.42 Å². The molecular formula is C25H32Cl3N3O4S. The average Bonchev–Trinajstić information content (AvgIpc) is 2.72. The molecule has 0 aliphatic carbocycles. The lowest BCUT2D eigenvalue weighted by Crippen LogP contribution is -2.55. The average molecular weight is 577 g/mol. The zero-order valence-electron chi connectivity index (χ0n) is 21.2. The van der Waals surface area contributed by atoms with Crippen LogP contribution in [0.15, 0.2) is 36.4 Å². The van der Waals surface area contributed by atoms with E-state index in [1.165, 1.54) is 17.0 Å². The molecule has 1 N–H and O–H groups in total. The summed E-state index contributed by atoms with van der Waals surface area (Å²) in [5.74, 6) is -0.899. The van der Waals surface area contributed by atoms with Crippen molar-refractivity contribution in [2.45, 2.75) is 59.2 Å². The molecule has 11 heteroatoms. The van der Waals surface area contributed by atoms with Gasteiger partial charge in [0.25, 0.3) is 0 Å². The first-order chi connectivity index (χ1) is 16.5. The largest absolute Gasteiger partial charge is 0.350 e. The van der Waals surface area contributed by atoms with Crippen molar-refractivity contribution in [3.8, 4) is 0 Å². The van der Waals surface area contributed by atoms with E-state index in [2.05, 4.69) is 5.32 Å². The summed E-state index contributed by atoms with van der Waals surface area (Å²) in [6, 6.07) is 9.35. The van der Waals surface area contributed by atoms with E-state index in [-0.39, 0.29) is 33.2 Å². The summed E-state index contributed by atoms with van der Waals surface area (Å²) in [5, 5.41) is 3.18. The molecule has 0 bridgehead atoms. The lowest BCUT2D eigenvalue weighted by Gasteiger charge is -2.34. The highest BCUT2D eigenvalue weighted by atomic mass is 35.5. The van der Waals surface area contributed by atoms with Gasteiger partial charge in [-0.3, -0.25) is 13.9 Å². The lowest BCUT2D eigenvalue weighted by molar-refractivity contribution is -0.141. The monoisotopic (exact) mass is 575 g/mol. The van der Waals surface area contributed by atoms with Crippen molar-refractivity contribution in [2.75, 3.05) is 17.1 Å². The molecule has 1 atom stereocenters. The maximum atomic E-state index is 13.7. The van der Waals surface area contributed by atoms with E-state index in [9.17, 15) is 18.0 Å². The van der Waals surface area contributed by atoms with Crippen LogP contribution in [0.4, 0.5) is 5.69 Å². The third-order valence-electron chi connectivity index (χ3n) is 5.26. The minimum absolute atomic E-state index is 0.0182. The summed E-state index contributed by atoms with van der Waals surface area (Å²) in [6.45, 7) is 8.81. The Morgan fingerprint density at radius 2 is 1.64 bits per heavy atom. The van der Waals surface area contributed by atoms with Gasteiger partial charge in [0.05, 0.1) is 27.0 Å². The molecule has 2 aromatic carbocycles. The van der Waals surface area contributed by atoms with Crippen LogP contribution in [0.25, 0.3) is 0 Å².